The van der Waals surface area contributed by atoms with Gasteiger partial charge in [0.2, 0.25) is 0 Å². The van der Waals surface area contributed by atoms with E-state index in [0.29, 0.717) is 5.57 Å². The van der Waals surface area contributed by atoms with Crippen molar-refractivity contribution in [1.82, 2.24) is 0 Å². The summed E-state index contributed by atoms with van der Waals surface area (Å²) in [7, 11) is 0. The predicted octanol–water partition coefficient (Wildman–Crippen LogP) is -3.04. The molecule has 3 saturated heterocycles. The molecule has 218 valence electrons. The summed E-state index contributed by atoms with van der Waals surface area (Å²) < 4.78 is 23.3. The fourth-order valence-corrected chi connectivity index (χ4v) is 9.08. The number of carbonyl (C=O) groups is 2. The first kappa shape index (κ1) is 27.6. The van der Waals surface area contributed by atoms with Crippen LogP contribution < -0.4 is 0 Å². The SMILES string of the molecule is CC1=CC(=O)[C@@H](O)[C@@]2(C)[C@H]1C[C@H]1OC(=O)[C@H](O[C@@H]3O[C@H](CO)[C@@H](O)[C@H](O)[C@H]3O)[C@H]3[C@@H](C)[C@@H](O)[C@]4(O)OC[C@@]31[C@@H]42. The third kappa shape index (κ3) is 3.25. The number of hydrogen-bond donors (Lipinski definition) is 7. The molecular formula is C26H36O13. The van der Waals surface area contributed by atoms with Gasteiger partial charge in [0.25, 0.3) is 0 Å². The lowest BCUT2D eigenvalue weighted by Gasteiger charge is -2.68. The highest BCUT2D eigenvalue weighted by molar-refractivity contribution is 5.96. The van der Waals surface area contributed by atoms with E-state index in [2.05, 4.69) is 0 Å². The standard InChI is InChI=1S/C26H36O13/c1-8-4-11(28)20(33)24(3)10(8)5-13-25-7-36-26(35,23(24)25)19(32)9(2)14(25)18(21(34)38-13)39-22-17(31)16(30)15(29)12(6-27)37-22/h4,9-10,12-20,22-23,27,29-33,35H,5-7H2,1-3H3/t9-,10+,12-,13-,14-,15-,16+,17-,18-,19-,20-,22+,23+,24-,25+,26+/m1/s1. The summed E-state index contributed by atoms with van der Waals surface area (Å²) in [4.78, 5) is 26.4. The number of esters is 1. The molecule has 13 nitrogen and oxygen atoms in total. The Morgan fingerprint density at radius 2 is 1.79 bits per heavy atom. The van der Waals surface area contributed by atoms with Crippen LogP contribution in [0.3, 0.4) is 0 Å². The van der Waals surface area contributed by atoms with Gasteiger partial charge in [0.05, 0.1) is 13.2 Å². The van der Waals surface area contributed by atoms with Crippen LogP contribution in [0, 0.1) is 34.5 Å². The third-order valence-corrected chi connectivity index (χ3v) is 10.8. The topological polar surface area (TPSA) is 213 Å². The van der Waals surface area contributed by atoms with Crippen molar-refractivity contribution in [3.63, 3.8) is 0 Å². The van der Waals surface area contributed by atoms with E-state index in [1.807, 2.05) is 0 Å². The Morgan fingerprint density at radius 3 is 2.46 bits per heavy atom. The molecule has 0 aromatic rings. The Balaban J connectivity index is 1.46. The molecule has 3 aliphatic carbocycles. The first-order valence-electron chi connectivity index (χ1n) is 13.4. The van der Waals surface area contributed by atoms with Crippen molar-refractivity contribution < 1.29 is 64.3 Å². The molecule has 5 fully saturated rings. The smallest absolute Gasteiger partial charge is 0.336 e. The maximum Gasteiger partial charge on any atom is 0.336 e. The molecule has 2 bridgehead atoms. The van der Waals surface area contributed by atoms with Crippen LogP contribution in [0.25, 0.3) is 0 Å². The van der Waals surface area contributed by atoms with E-state index >= 15 is 0 Å². The van der Waals surface area contributed by atoms with E-state index in [9.17, 15) is 45.3 Å². The van der Waals surface area contributed by atoms with Crippen LogP contribution in [0.15, 0.2) is 11.6 Å². The molecule has 0 aromatic heterocycles. The molecule has 0 unspecified atom stereocenters. The zero-order chi connectivity index (χ0) is 28.4. The van der Waals surface area contributed by atoms with Gasteiger partial charge in [-0.25, -0.2) is 4.79 Å². The Kier molecular flexibility index (Phi) is 6.20. The number of ether oxygens (including phenoxy) is 4. The molecule has 13 heteroatoms. The normalized spacial score (nSPS) is 58.3. The van der Waals surface area contributed by atoms with Crippen molar-refractivity contribution in [2.45, 2.75) is 88.1 Å². The summed E-state index contributed by atoms with van der Waals surface area (Å²) >= 11 is 0. The molecule has 0 amide bonds. The first-order chi connectivity index (χ1) is 18.2. The van der Waals surface area contributed by atoms with Gasteiger partial charge in [0.15, 0.2) is 24.0 Å². The minimum atomic E-state index is -2.17. The van der Waals surface area contributed by atoms with Gasteiger partial charge in [-0.1, -0.05) is 19.4 Å². The fourth-order valence-electron chi connectivity index (χ4n) is 9.08. The molecule has 3 heterocycles. The van der Waals surface area contributed by atoms with E-state index in [0.717, 1.165) is 0 Å². The van der Waals surface area contributed by atoms with Gasteiger partial charge in [-0.05, 0) is 31.3 Å². The lowest BCUT2D eigenvalue weighted by molar-refractivity contribution is -0.359. The number of hydrogen-bond acceptors (Lipinski definition) is 13. The number of fused-ring (bicyclic) bond motifs is 1. The Morgan fingerprint density at radius 1 is 1.10 bits per heavy atom. The number of aliphatic hydroxyl groups excluding tert-OH is 6. The predicted molar refractivity (Wildman–Crippen MR) is 125 cm³/mol. The second kappa shape index (κ2) is 8.74. The van der Waals surface area contributed by atoms with E-state index in [1.165, 1.54) is 6.08 Å². The summed E-state index contributed by atoms with van der Waals surface area (Å²) in [6.45, 7) is 4.17. The zero-order valence-electron chi connectivity index (χ0n) is 21.8. The van der Waals surface area contributed by atoms with Crippen molar-refractivity contribution in [2.75, 3.05) is 13.2 Å². The van der Waals surface area contributed by atoms with E-state index in [-0.39, 0.29) is 13.0 Å². The molecule has 3 aliphatic heterocycles. The van der Waals surface area contributed by atoms with Gasteiger partial charge in [-0.15, -0.1) is 0 Å². The van der Waals surface area contributed by atoms with E-state index in [1.54, 1.807) is 20.8 Å². The third-order valence-electron chi connectivity index (χ3n) is 10.8. The number of allylic oxidation sites excluding steroid dienone is 1. The average molecular weight is 557 g/mol. The van der Waals surface area contributed by atoms with Crippen molar-refractivity contribution >= 4 is 11.8 Å². The quantitative estimate of drug-likeness (QED) is 0.173. The molecule has 0 aromatic carbocycles. The van der Waals surface area contributed by atoms with E-state index < -0.39 is 114 Å². The van der Waals surface area contributed by atoms with Crippen LogP contribution >= 0.6 is 0 Å². The van der Waals surface area contributed by atoms with Crippen LogP contribution in [0.4, 0.5) is 0 Å². The average Bonchev–Trinajstić information content (AvgIpc) is 3.18. The molecule has 6 rings (SSSR count). The van der Waals surface area contributed by atoms with Gasteiger partial charge in [0, 0.05) is 22.7 Å². The number of ketones is 1. The van der Waals surface area contributed by atoms with Gasteiger partial charge >= 0.3 is 5.97 Å². The highest BCUT2D eigenvalue weighted by Crippen LogP contribution is 2.73. The molecule has 7 N–H and O–H groups in total. The van der Waals surface area contributed by atoms with Gasteiger partial charge < -0.3 is 54.7 Å². The number of carbonyl (C=O) groups excluding carboxylic acids is 2. The molecule has 2 saturated carbocycles. The van der Waals surface area contributed by atoms with Crippen LogP contribution in [0.1, 0.15) is 27.2 Å². The molecule has 6 aliphatic rings. The molecule has 39 heavy (non-hydrogen) atoms. The molecular weight excluding hydrogens is 520 g/mol. The summed E-state index contributed by atoms with van der Waals surface area (Å²) in [5.74, 6) is -6.78. The second-order valence-corrected chi connectivity index (χ2v) is 12.4. The summed E-state index contributed by atoms with van der Waals surface area (Å²) in [5.41, 5.74) is -1.84. The molecule has 16 atom stereocenters. The minimum Gasteiger partial charge on any atom is -0.460 e. The lowest BCUT2D eigenvalue weighted by Crippen LogP contribution is -2.78. The maximum absolute atomic E-state index is 13.5. The summed E-state index contributed by atoms with van der Waals surface area (Å²) in [6, 6.07) is 0. The van der Waals surface area contributed by atoms with Crippen LogP contribution in [0.5, 0.6) is 0 Å². The molecule has 1 spiro atoms. The number of rotatable bonds is 3. The largest absolute Gasteiger partial charge is 0.460 e. The lowest BCUT2D eigenvalue weighted by atomic mass is 9.38. The summed E-state index contributed by atoms with van der Waals surface area (Å²) in [5, 5.41) is 75.2. The Hall–Kier alpha value is -1.52. The summed E-state index contributed by atoms with van der Waals surface area (Å²) in [6.07, 6.45) is -11.9. The van der Waals surface area contributed by atoms with Crippen molar-refractivity contribution in [2.24, 2.45) is 34.5 Å². The van der Waals surface area contributed by atoms with Gasteiger partial charge in [-0.2, -0.15) is 0 Å². The van der Waals surface area contributed by atoms with Crippen molar-refractivity contribution in [3.8, 4) is 0 Å². The van der Waals surface area contributed by atoms with Gasteiger partial charge in [0.1, 0.15) is 42.7 Å². The molecule has 0 radical (unpaired) electrons. The first-order valence-corrected chi connectivity index (χ1v) is 13.4. The highest BCUT2D eigenvalue weighted by atomic mass is 16.7. The van der Waals surface area contributed by atoms with Crippen molar-refractivity contribution in [1.29, 1.82) is 0 Å². The maximum atomic E-state index is 13.5. The highest BCUT2D eigenvalue weighted by Gasteiger charge is 2.83. The zero-order valence-corrected chi connectivity index (χ0v) is 21.8. The monoisotopic (exact) mass is 556 g/mol. The van der Waals surface area contributed by atoms with Gasteiger partial charge in [-0.3, -0.25) is 4.79 Å². The van der Waals surface area contributed by atoms with E-state index in [4.69, 9.17) is 18.9 Å². The van der Waals surface area contributed by atoms with Crippen LogP contribution in [-0.4, -0.2) is 122 Å². The second-order valence-electron chi connectivity index (χ2n) is 12.4. The Labute approximate surface area is 223 Å². The minimum absolute atomic E-state index is 0.168. The van der Waals surface area contributed by atoms with Crippen LogP contribution in [0.2, 0.25) is 0 Å². The Bertz CT molecular complexity index is 1090. The van der Waals surface area contributed by atoms with Crippen LogP contribution in [-0.2, 0) is 28.5 Å². The van der Waals surface area contributed by atoms with Crippen molar-refractivity contribution in [3.05, 3.63) is 11.6 Å². The number of aliphatic hydroxyl groups is 7. The fraction of sp³-hybridized carbons (Fsp3) is 0.846.